The first kappa shape index (κ1) is 18.9. The van der Waals surface area contributed by atoms with Gasteiger partial charge in [-0.05, 0) is 11.6 Å². The molecule has 0 aliphatic heterocycles. The molecule has 1 unspecified atom stereocenters. The van der Waals surface area contributed by atoms with Gasteiger partial charge < -0.3 is 19.9 Å². The summed E-state index contributed by atoms with van der Waals surface area (Å²) < 4.78 is 16.8. The van der Waals surface area contributed by atoms with Crippen molar-refractivity contribution in [2.75, 3.05) is 21.0 Å². The summed E-state index contributed by atoms with van der Waals surface area (Å²) >= 11 is 0. The number of ketones is 1. The maximum absolute atomic E-state index is 13.7. The minimum Gasteiger partial charge on any atom is -0.496 e. The number of allylic oxidation sites excluding steroid dienone is 1. The molecule has 0 saturated heterocycles. The van der Waals surface area contributed by atoms with Gasteiger partial charge in [0.2, 0.25) is 0 Å². The molecule has 1 aliphatic carbocycles. The Hall–Kier alpha value is -2.89. The van der Waals surface area contributed by atoms with Crippen molar-refractivity contribution in [2.45, 2.75) is 12.0 Å². The van der Waals surface area contributed by atoms with Crippen LogP contribution in [0.3, 0.4) is 0 Å². The van der Waals surface area contributed by atoms with Crippen molar-refractivity contribution in [1.82, 2.24) is 0 Å². The van der Waals surface area contributed by atoms with Crippen molar-refractivity contribution in [3.05, 3.63) is 89.3 Å². The van der Waals surface area contributed by atoms with Gasteiger partial charge in [0, 0.05) is 30.4 Å². The Balaban J connectivity index is 2.24. The van der Waals surface area contributed by atoms with E-state index in [0.717, 1.165) is 5.56 Å². The Kier molecular flexibility index (Phi) is 5.74. The van der Waals surface area contributed by atoms with Gasteiger partial charge in [-0.25, -0.2) is 0 Å². The molecule has 1 aliphatic rings. The van der Waals surface area contributed by atoms with Gasteiger partial charge in [0.1, 0.15) is 12.6 Å². The number of Topliss-reactive ketones (excluding diaryl/α,β-unsaturated/α-hetero) is 1. The average Bonchev–Trinajstić information content (AvgIpc) is 2.72. The zero-order chi connectivity index (χ0) is 19.3. The van der Waals surface area contributed by atoms with E-state index >= 15 is 0 Å². The predicted octanol–water partition coefficient (Wildman–Crippen LogP) is 3.53. The van der Waals surface area contributed by atoms with Crippen LogP contribution in [0.15, 0.2) is 78.2 Å². The molecule has 0 bridgehead atoms. The molecule has 0 fully saturated rings. The highest BCUT2D eigenvalue weighted by Crippen LogP contribution is 2.43. The molecular formula is C22H23NO4. The molecule has 140 valence electrons. The highest BCUT2D eigenvalue weighted by molar-refractivity contribution is 6.12. The Labute approximate surface area is 159 Å². The van der Waals surface area contributed by atoms with Crippen molar-refractivity contribution in [3.63, 3.8) is 0 Å². The summed E-state index contributed by atoms with van der Waals surface area (Å²) in [7, 11) is 3.08. The standard InChI is InChI=1S/C22H23NO4/c1-25-15-27-22(21(24)17-11-7-4-8-12-17)14-18(23)13-19(26-2)20(22)16-9-5-3-6-10-16/h3-13H,14-15,23H2,1-2H3. The van der Waals surface area contributed by atoms with Gasteiger partial charge in [0.15, 0.2) is 11.4 Å². The minimum absolute atomic E-state index is 0.0564. The number of carbonyl (C=O) groups excluding carboxylic acids is 1. The fourth-order valence-electron chi connectivity index (χ4n) is 3.37. The molecule has 0 amide bonds. The first-order chi connectivity index (χ1) is 13.1. The molecule has 0 aromatic heterocycles. The molecular weight excluding hydrogens is 342 g/mol. The number of benzene rings is 2. The maximum atomic E-state index is 13.7. The second kappa shape index (κ2) is 8.20. The molecule has 2 aromatic rings. The van der Waals surface area contributed by atoms with Gasteiger partial charge in [-0.1, -0.05) is 60.7 Å². The fraction of sp³-hybridized carbons (Fsp3) is 0.227. The van der Waals surface area contributed by atoms with E-state index in [1.165, 1.54) is 7.11 Å². The highest BCUT2D eigenvalue weighted by Gasteiger charge is 2.48. The third kappa shape index (κ3) is 3.65. The lowest BCUT2D eigenvalue weighted by Gasteiger charge is -2.38. The summed E-state index contributed by atoms with van der Waals surface area (Å²) in [5.74, 6) is 0.315. The first-order valence-electron chi connectivity index (χ1n) is 8.65. The largest absolute Gasteiger partial charge is 0.496 e. The number of hydrogen-bond acceptors (Lipinski definition) is 5. The summed E-state index contributed by atoms with van der Waals surface area (Å²) in [6.07, 6.45) is 1.95. The molecule has 0 heterocycles. The molecule has 0 radical (unpaired) electrons. The molecule has 5 nitrogen and oxygen atoms in total. The normalized spacial score (nSPS) is 19.6. The summed E-state index contributed by atoms with van der Waals surface area (Å²) in [6, 6.07) is 18.6. The van der Waals surface area contributed by atoms with E-state index in [0.29, 0.717) is 22.6 Å². The monoisotopic (exact) mass is 365 g/mol. The Morgan fingerprint density at radius 3 is 2.26 bits per heavy atom. The highest BCUT2D eigenvalue weighted by atomic mass is 16.7. The van der Waals surface area contributed by atoms with Crippen LogP contribution in [-0.2, 0) is 14.2 Å². The zero-order valence-corrected chi connectivity index (χ0v) is 15.5. The molecule has 0 spiro atoms. The number of rotatable bonds is 7. The quantitative estimate of drug-likeness (QED) is 0.600. The molecule has 27 heavy (non-hydrogen) atoms. The van der Waals surface area contributed by atoms with Crippen LogP contribution in [0.5, 0.6) is 0 Å². The lowest BCUT2D eigenvalue weighted by atomic mass is 9.75. The number of methoxy groups -OCH3 is 2. The van der Waals surface area contributed by atoms with Gasteiger partial charge in [-0.3, -0.25) is 4.79 Å². The molecule has 0 saturated carbocycles. The van der Waals surface area contributed by atoms with Gasteiger partial charge in [0.25, 0.3) is 0 Å². The van der Waals surface area contributed by atoms with Crippen molar-refractivity contribution in [1.29, 1.82) is 0 Å². The molecule has 2 N–H and O–H groups in total. The molecule has 1 atom stereocenters. The first-order valence-corrected chi connectivity index (χ1v) is 8.65. The van der Waals surface area contributed by atoms with E-state index in [9.17, 15) is 4.79 Å². The smallest absolute Gasteiger partial charge is 0.199 e. The van der Waals surface area contributed by atoms with Crippen molar-refractivity contribution in [2.24, 2.45) is 5.73 Å². The van der Waals surface area contributed by atoms with Gasteiger partial charge in [-0.2, -0.15) is 0 Å². The lowest BCUT2D eigenvalue weighted by molar-refractivity contribution is -0.0873. The van der Waals surface area contributed by atoms with Gasteiger partial charge in [0.05, 0.1) is 7.11 Å². The Bertz CT molecular complexity index is 858. The summed E-state index contributed by atoms with van der Waals surface area (Å²) in [6.45, 7) is -0.0564. The Morgan fingerprint density at radius 1 is 1.04 bits per heavy atom. The summed E-state index contributed by atoms with van der Waals surface area (Å²) in [5.41, 5.74) is 7.35. The van der Waals surface area contributed by atoms with Gasteiger partial charge >= 0.3 is 0 Å². The lowest BCUT2D eigenvalue weighted by Crippen LogP contribution is -2.46. The summed E-state index contributed by atoms with van der Waals surface area (Å²) in [5, 5.41) is 0. The summed E-state index contributed by atoms with van der Waals surface area (Å²) in [4.78, 5) is 13.7. The van der Waals surface area contributed by atoms with E-state index < -0.39 is 5.60 Å². The van der Waals surface area contributed by atoms with E-state index in [2.05, 4.69) is 0 Å². The molecule has 3 rings (SSSR count). The molecule has 5 heteroatoms. The number of nitrogens with two attached hydrogens (primary N) is 1. The zero-order valence-electron chi connectivity index (χ0n) is 15.5. The fourth-order valence-corrected chi connectivity index (χ4v) is 3.37. The predicted molar refractivity (Wildman–Crippen MR) is 104 cm³/mol. The second-order valence-corrected chi connectivity index (χ2v) is 6.28. The van der Waals surface area contributed by atoms with E-state index in [1.54, 1.807) is 25.3 Å². The number of hydrogen-bond donors (Lipinski definition) is 1. The van der Waals surface area contributed by atoms with E-state index in [4.69, 9.17) is 19.9 Å². The molecule has 2 aromatic carbocycles. The third-order valence-corrected chi connectivity index (χ3v) is 4.53. The van der Waals surface area contributed by atoms with Crippen LogP contribution in [0.4, 0.5) is 0 Å². The van der Waals surface area contributed by atoms with E-state index in [-0.39, 0.29) is 19.0 Å². The van der Waals surface area contributed by atoms with Crippen LogP contribution >= 0.6 is 0 Å². The average molecular weight is 365 g/mol. The van der Waals surface area contributed by atoms with Gasteiger partial charge in [-0.15, -0.1) is 0 Å². The van der Waals surface area contributed by atoms with Crippen LogP contribution < -0.4 is 5.73 Å². The number of carbonyl (C=O) groups is 1. The van der Waals surface area contributed by atoms with Crippen LogP contribution in [0.25, 0.3) is 5.57 Å². The van der Waals surface area contributed by atoms with E-state index in [1.807, 2.05) is 48.5 Å². The van der Waals surface area contributed by atoms with Crippen LogP contribution in [0.2, 0.25) is 0 Å². The third-order valence-electron chi connectivity index (χ3n) is 4.53. The SMILES string of the molecule is COCOC1(C(=O)c2ccccc2)CC(N)=CC(OC)=C1c1ccccc1. The topological polar surface area (TPSA) is 70.8 Å². The van der Waals surface area contributed by atoms with Crippen molar-refractivity contribution in [3.8, 4) is 0 Å². The number of ether oxygens (including phenoxy) is 3. The van der Waals surface area contributed by atoms with Crippen molar-refractivity contribution >= 4 is 11.4 Å². The van der Waals surface area contributed by atoms with Crippen LogP contribution in [-0.4, -0.2) is 32.4 Å². The van der Waals surface area contributed by atoms with Crippen LogP contribution in [0.1, 0.15) is 22.3 Å². The van der Waals surface area contributed by atoms with Crippen molar-refractivity contribution < 1.29 is 19.0 Å². The Morgan fingerprint density at radius 2 is 1.67 bits per heavy atom. The van der Waals surface area contributed by atoms with Crippen LogP contribution in [0, 0.1) is 0 Å². The minimum atomic E-state index is -1.34. The second-order valence-electron chi connectivity index (χ2n) is 6.28. The maximum Gasteiger partial charge on any atom is 0.199 e.